The van der Waals surface area contributed by atoms with Gasteiger partial charge in [-0.1, -0.05) is 48.5 Å². The van der Waals surface area contributed by atoms with Crippen molar-refractivity contribution in [3.8, 4) is 0 Å². The molecule has 4 aliphatic carbocycles. The van der Waals surface area contributed by atoms with Crippen molar-refractivity contribution < 1.29 is 44.0 Å². The Labute approximate surface area is 242 Å². The van der Waals surface area contributed by atoms with Crippen molar-refractivity contribution in [3.05, 3.63) is 11.1 Å². The molecule has 4 rings (SSSR count). The minimum atomic E-state index is -1.28. The first kappa shape index (κ1) is 31.5. The Balaban J connectivity index is 1.87. The Hall–Kier alpha value is -2.39. The maximum atomic E-state index is 14.6. The van der Waals surface area contributed by atoms with Crippen molar-refractivity contribution in [2.75, 3.05) is 0 Å². The second-order valence-corrected chi connectivity index (χ2v) is 14.6. The summed E-state index contributed by atoms with van der Waals surface area (Å²) in [6, 6.07) is 0. The van der Waals surface area contributed by atoms with E-state index < -0.39 is 69.5 Å². The quantitative estimate of drug-likeness (QED) is 0.386. The molecule has 9 heteroatoms. The summed E-state index contributed by atoms with van der Waals surface area (Å²) < 4.78 is 5.84. The largest absolute Gasteiger partial charge is 0.481 e. The SMILES string of the molecule is CC(=O)O[C@@H]1C(=O)C2=C(C(=O)CC3C(C)(C)[C@@H](O)CC[C@]23C)[C@]2(C)[C@H](O)C[C@H]([C@H](C)CC(=O)CC(C)C(=O)O)[C@@]12C. The van der Waals surface area contributed by atoms with Crippen LogP contribution in [0.25, 0.3) is 0 Å². The predicted octanol–water partition coefficient (Wildman–Crippen LogP) is 3.67. The van der Waals surface area contributed by atoms with Gasteiger partial charge in [0.25, 0.3) is 0 Å². The van der Waals surface area contributed by atoms with E-state index in [-0.39, 0.29) is 49.1 Å². The van der Waals surface area contributed by atoms with E-state index in [4.69, 9.17) is 4.74 Å². The van der Waals surface area contributed by atoms with E-state index in [1.807, 2.05) is 27.7 Å². The van der Waals surface area contributed by atoms with Gasteiger partial charge >= 0.3 is 11.9 Å². The van der Waals surface area contributed by atoms with E-state index in [0.29, 0.717) is 24.0 Å². The van der Waals surface area contributed by atoms with Crippen LogP contribution in [0.4, 0.5) is 0 Å². The molecule has 10 atom stereocenters. The van der Waals surface area contributed by atoms with Crippen LogP contribution in [0.15, 0.2) is 11.1 Å². The number of carbonyl (C=O) groups is 5. The van der Waals surface area contributed by atoms with Crippen LogP contribution < -0.4 is 0 Å². The third-order valence-corrected chi connectivity index (χ3v) is 12.0. The molecule has 0 aromatic heterocycles. The zero-order valence-corrected chi connectivity index (χ0v) is 25.6. The highest BCUT2D eigenvalue weighted by Crippen LogP contribution is 2.71. The van der Waals surface area contributed by atoms with Crippen molar-refractivity contribution in [1.29, 1.82) is 0 Å². The molecule has 41 heavy (non-hydrogen) atoms. The molecule has 9 nitrogen and oxygen atoms in total. The van der Waals surface area contributed by atoms with Gasteiger partial charge in [-0.3, -0.25) is 24.0 Å². The number of aliphatic hydroxyl groups excluding tert-OH is 2. The lowest BCUT2D eigenvalue weighted by Gasteiger charge is -2.61. The van der Waals surface area contributed by atoms with Crippen molar-refractivity contribution in [2.24, 2.45) is 45.3 Å². The Morgan fingerprint density at radius 1 is 0.976 bits per heavy atom. The van der Waals surface area contributed by atoms with Crippen molar-refractivity contribution >= 4 is 29.3 Å². The first-order chi connectivity index (χ1) is 18.8. The second-order valence-electron chi connectivity index (χ2n) is 14.6. The van der Waals surface area contributed by atoms with Crippen LogP contribution in [0.1, 0.15) is 93.9 Å². The van der Waals surface area contributed by atoms with Crippen molar-refractivity contribution in [2.45, 2.75) is 112 Å². The number of fused-ring (bicyclic) bond motifs is 4. The predicted molar refractivity (Wildman–Crippen MR) is 148 cm³/mol. The zero-order valence-electron chi connectivity index (χ0n) is 25.6. The van der Waals surface area contributed by atoms with E-state index in [2.05, 4.69) is 0 Å². The van der Waals surface area contributed by atoms with Crippen LogP contribution in [0, 0.1) is 45.3 Å². The minimum absolute atomic E-state index is 0.0351. The molecule has 0 amide bonds. The van der Waals surface area contributed by atoms with Gasteiger partial charge in [0.05, 0.1) is 18.1 Å². The molecule has 0 heterocycles. The smallest absolute Gasteiger partial charge is 0.306 e. The molecular weight excluding hydrogens is 528 g/mol. The average molecular weight is 575 g/mol. The number of hydrogen-bond acceptors (Lipinski definition) is 8. The van der Waals surface area contributed by atoms with Crippen LogP contribution >= 0.6 is 0 Å². The Morgan fingerprint density at radius 3 is 2.15 bits per heavy atom. The Kier molecular flexibility index (Phi) is 7.78. The van der Waals surface area contributed by atoms with Gasteiger partial charge in [-0.25, -0.2) is 0 Å². The molecule has 4 aliphatic rings. The highest BCUT2D eigenvalue weighted by atomic mass is 16.5. The first-order valence-electron chi connectivity index (χ1n) is 14.9. The van der Waals surface area contributed by atoms with E-state index in [9.17, 15) is 39.3 Å². The standard InChI is InChI=1S/C32H46O9/c1-15(11-18(34)12-16(2)28(39)40)19-13-23(37)32(8)24-20(35)14-21-29(4,5)22(36)9-10-30(21,6)25(24)26(38)27(31(19,32)7)41-17(3)33/h15-16,19,21-23,27,36-37H,9-14H2,1-8H3,(H,39,40)/t15-,16?,19-,21?,22+,23-,27-,30+,31+,32+/m1/s1. The molecule has 0 spiro atoms. The van der Waals surface area contributed by atoms with Crippen LogP contribution in [0.3, 0.4) is 0 Å². The monoisotopic (exact) mass is 574 g/mol. The molecule has 3 N–H and O–H groups in total. The van der Waals surface area contributed by atoms with Gasteiger partial charge in [-0.2, -0.15) is 0 Å². The van der Waals surface area contributed by atoms with E-state index in [1.54, 1.807) is 13.8 Å². The number of aliphatic carboxylic acids is 1. The zero-order chi connectivity index (χ0) is 31.0. The lowest BCUT2D eigenvalue weighted by Crippen LogP contribution is -2.65. The first-order valence-corrected chi connectivity index (χ1v) is 14.9. The number of esters is 1. The summed E-state index contributed by atoms with van der Waals surface area (Å²) in [6.07, 6.45) is -1.81. The maximum Gasteiger partial charge on any atom is 0.306 e. The molecule has 228 valence electrons. The van der Waals surface area contributed by atoms with Crippen molar-refractivity contribution in [1.82, 2.24) is 0 Å². The normalized spacial score (nSPS) is 41.2. The summed E-state index contributed by atoms with van der Waals surface area (Å²) >= 11 is 0. The topological polar surface area (TPSA) is 155 Å². The number of rotatable bonds is 7. The van der Waals surface area contributed by atoms with Gasteiger partial charge in [0.2, 0.25) is 5.78 Å². The third-order valence-electron chi connectivity index (χ3n) is 12.0. The fraction of sp³-hybridized carbons (Fsp3) is 0.781. The molecule has 2 fully saturated rings. The number of carboxylic acids is 1. The summed E-state index contributed by atoms with van der Waals surface area (Å²) in [7, 11) is 0. The lowest BCUT2D eigenvalue weighted by atomic mass is 9.42. The van der Waals surface area contributed by atoms with Gasteiger partial charge in [-0.15, -0.1) is 0 Å². The van der Waals surface area contributed by atoms with Gasteiger partial charge in [-0.05, 0) is 42.4 Å². The average Bonchev–Trinajstić information content (AvgIpc) is 3.07. The molecule has 2 unspecified atom stereocenters. The Morgan fingerprint density at radius 2 is 1.59 bits per heavy atom. The summed E-state index contributed by atoms with van der Waals surface area (Å²) in [6.45, 7) is 13.9. The van der Waals surface area contributed by atoms with Gasteiger partial charge in [0, 0.05) is 53.6 Å². The fourth-order valence-corrected chi connectivity index (χ4v) is 9.44. The summed E-state index contributed by atoms with van der Waals surface area (Å²) in [5.41, 5.74) is -3.21. The van der Waals surface area contributed by atoms with E-state index in [0.717, 1.165) is 0 Å². The summed E-state index contributed by atoms with van der Waals surface area (Å²) in [5.74, 6) is -4.63. The van der Waals surface area contributed by atoms with Gasteiger partial charge in [0.15, 0.2) is 11.9 Å². The highest BCUT2D eigenvalue weighted by molar-refractivity contribution is 6.13. The second kappa shape index (κ2) is 10.1. The molecule has 2 saturated carbocycles. The molecule has 0 bridgehead atoms. The van der Waals surface area contributed by atoms with Crippen LogP contribution in [-0.2, 0) is 28.7 Å². The lowest BCUT2D eigenvalue weighted by molar-refractivity contribution is -0.178. The van der Waals surface area contributed by atoms with Crippen LogP contribution in [0.5, 0.6) is 0 Å². The van der Waals surface area contributed by atoms with Crippen LogP contribution in [0.2, 0.25) is 0 Å². The van der Waals surface area contributed by atoms with E-state index in [1.165, 1.54) is 13.8 Å². The molecule has 0 radical (unpaired) electrons. The maximum absolute atomic E-state index is 14.6. The van der Waals surface area contributed by atoms with Crippen molar-refractivity contribution in [3.63, 3.8) is 0 Å². The summed E-state index contributed by atoms with van der Waals surface area (Å²) in [4.78, 5) is 65.5. The molecule has 0 saturated heterocycles. The molecular formula is C32H46O9. The number of aliphatic hydroxyl groups is 2. The Bertz CT molecular complexity index is 1220. The molecule has 0 aromatic carbocycles. The fourth-order valence-electron chi connectivity index (χ4n) is 9.44. The number of ketones is 3. The molecule has 0 aliphatic heterocycles. The third kappa shape index (κ3) is 4.36. The number of ether oxygens (including phenoxy) is 1. The number of hydrogen-bond donors (Lipinski definition) is 3. The number of carbonyl (C=O) groups excluding carboxylic acids is 4. The molecule has 0 aromatic rings. The van der Waals surface area contributed by atoms with Gasteiger partial charge in [0.1, 0.15) is 5.78 Å². The number of Topliss-reactive ketones (excluding diaryl/α,β-unsaturated/α-hetero) is 3. The summed E-state index contributed by atoms with van der Waals surface area (Å²) in [5, 5.41) is 31.9. The highest BCUT2D eigenvalue weighted by Gasteiger charge is 2.74. The van der Waals surface area contributed by atoms with Crippen LogP contribution in [-0.4, -0.2) is 62.9 Å². The van der Waals surface area contributed by atoms with Gasteiger partial charge < -0.3 is 20.1 Å². The minimum Gasteiger partial charge on any atom is -0.481 e. The number of carboxylic acid groups (broad SMARTS) is 1. The van der Waals surface area contributed by atoms with E-state index >= 15 is 0 Å².